The van der Waals surface area contributed by atoms with Crippen LogP contribution in [-0.2, 0) is 0 Å². The Morgan fingerprint density at radius 2 is 2.16 bits per heavy atom. The van der Waals surface area contributed by atoms with Gasteiger partial charge in [0.1, 0.15) is 12.5 Å². The molecule has 2 aromatic rings. The summed E-state index contributed by atoms with van der Waals surface area (Å²) in [6.07, 6.45) is 0.587. The van der Waals surface area contributed by atoms with Gasteiger partial charge in [0.2, 0.25) is 0 Å². The van der Waals surface area contributed by atoms with Gasteiger partial charge in [0.05, 0.1) is 0 Å². The van der Waals surface area contributed by atoms with Crippen LogP contribution in [0.4, 0.5) is 14.6 Å². The van der Waals surface area contributed by atoms with Crippen LogP contribution in [0, 0.1) is 5.82 Å². The van der Waals surface area contributed by atoms with Crippen LogP contribution >= 0.6 is 15.9 Å². The lowest BCUT2D eigenvalue weighted by Gasteiger charge is -2.17. The van der Waals surface area contributed by atoms with Gasteiger partial charge >= 0.3 is 0 Å². The Morgan fingerprint density at radius 3 is 2.84 bits per heavy atom. The van der Waals surface area contributed by atoms with Gasteiger partial charge in [-0.25, -0.2) is 13.8 Å². The number of benzene rings is 1. The topological polar surface area (TPSA) is 48.1 Å². The fourth-order valence-corrected chi connectivity index (χ4v) is 1.88. The number of alkyl halides is 1. The number of hydrogen-bond donors (Lipinski definition) is 1. The summed E-state index contributed by atoms with van der Waals surface area (Å²) in [6.45, 7) is -0.796. The highest BCUT2D eigenvalue weighted by atomic mass is 79.9. The molecule has 1 heterocycles. The summed E-state index contributed by atoms with van der Waals surface area (Å²) in [5, 5.41) is 0. The van der Waals surface area contributed by atoms with E-state index < -0.39 is 18.6 Å². The summed E-state index contributed by atoms with van der Waals surface area (Å²) in [6, 6.07) is 7.19. The number of aromatic nitrogens is 1. The quantitative estimate of drug-likeness (QED) is 0.931. The van der Waals surface area contributed by atoms with Crippen molar-refractivity contribution in [2.45, 2.75) is 6.10 Å². The SMILES string of the molecule is Nc1ncc(Br)cc1OC(CF)c1cccc(F)c1. The van der Waals surface area contributed by atoms with Gasteiger partial charge < -0.3 is 10.5 Å². The molecule has 1 unspecified atom stereocenters. The molecule has 1 aromatic carbocycles. The van der Waals surface area contributed by atoms with Crippen LogP contribution in [0.5, 0.6) is 5.75 Å². The van der Waals surface area contributed by atoms with E-state index in [1.54, 1.807) is 12.1 Å². The number of nitrogens with two attached hydrogens (primary N) is 1. The Labute approximate surface area is 117 Å². The second-order valence-corrected chi connectivity index (χ2v) is 4.77. The van der Waals surface area contributed by atoms with Crippen molar-refractivity contribution < 1.29 is 13.5 Å². The molecule has 100 valence electrons. The molecule has 0 aliphatic carbocycles. The molecule has 0 aliphatic heterocycles. The van der Waals surface area contributed by atoms with Crippen LogP contribution < -0.4 is 10.5 Å². The van der Waals surface area contributed by atoms with Crippen LogP contribution in [0.25, 0.3) is 0 Å². The first-order valence-electron chi connectivity index (χ1n) is 5.49. The molecule has 0 aliphatic rings. The summed E-state index contributed by atoms with van der Waals surface area (Å²) in [4.78, 5) is 3.89. The van der Waals surface area contributed by atoms with Gasteiger partial charge in [-0.05, 0) is 39.7 Å². The fraction of sp³-hybridized carbons (Fsp3) is 0.154. The molecule has 0 bridgehead atoms. The lowest BCUT2D eigenvalue weighted by Crippen LogP contribution is -2.11. The number of ether oxygens (including phenoxy) is 1. The van der Waals surface area contributed by atoms with Gasteiger partial charge in [-0.1, -0.05) is 12.1 Å². The van der Waals surface area contributed by atoms with E-state index in [1.165, 1.54) is 24.4 Å². The molecule has 19 heavy (non-hydrogen) atoms. The Bertz CT molecular complexity index is 580. The average molecular weight is 329 g/mol. The number of nitrogens with zero attached hydrogens (tertiary/aromatic N) is 1. The van der Waals surface area contributed by atoms with Gasteiger partial charge in [0.15, 0.2) is 17.7 Å². The second kappa shape index (κ2) is 5.97. The Kier molecular flexibility index (Phi) is 4.31. The number of anilines is 1. The molecule has 0 fully saturated rings. The molecule has 2 N–H and O–H groups in total. The summed E-state index contributed by atoms with van der Waals surface area (Å²) >= 11 is 3.22. The van der Waals surface area contributed by atoms with Crippen LogP contribution in [-0.4, -0.2) is 11.7 Å². The minimum Gasteiger partial charge on any atom is -0.479 e. The van der Waals surface area contributed by atoms with E-state index in [-0.39, 0.29) is 11.6 Å². The van der Waals surface area contributed by atoms with E-state index in [0.717, 1.165) is 0 Å². The van der Waals surface area contributed by atoms with Crippen molar-refractivity contribution in [1.82, 2.24) is 4.98 Å². The molecule has 2 rings (SSSR count). The maximum atomic E-state index is 13.1. The highest BCUT2D eigenvalue weighted by Crippen LogP contribution is 2.29. The monoisotopic (exact) mass is 328 g/mol. The first-order chi connectivity index (χ1) is 9.10. The Hall–Kier alpha value is -1.69. The largest absolute Gasteiger partial charge is 0.479 e. The third kappa shape index (κ3) is 3.41. The normalized spacial score (nSPS) is 12.2. The number of nitrogen functional groups attached to an aromatic ring is 1. The Morgan fingerprint density at radius 1 is 1.37 bits per heavy atom. The molecule has 3 nitrogen and oxygen atoms in total. The van der Waals surface area contributed by atoms with Crippen molar-refractivity contribution in [1.29, 1.82) is 0 Å². The predicted molar refractivity (Wildman–Crippen MR) is 72.1 cm³/mol. The average Bonchev–Trinajstić information content (AvgIpc) is 2.39. The number of rotatable bonds is 4. The molecule has 0 radical (unpaired) electrons. The van der Waals surface area contributed by atoms with Crippen LogP contribution in [0.3, 0.4) is 0 Å². The summed E-state index contributed by atoms with van der Waals surface area (Å²) in [5.74, 6) is -0.0424. The Balaban J connectivity index is 2.26. The summed E-state index contributed by atoms with van der Waals surface area (Å²) in [5.41, 5.74) is 6.05. The van der Waals surface area contributed by atoms with E-state index in [9.17, 15) is 8.78 Å². The third-order valence-corrected chi connectivity index (χ3v) is 2.91. The lowest BCUT2D eigenvalue weighted by atomic mass is 10.1. The maximum Gasteiger partial charge on any atom is 0.166 e. The first-order valence-corrected chi connectivity index (χ1v) is 6.28. The van der Waals surface area contributed by atoms with E-state index in [2.05, 4.69) is 20.9 Å². The smallest absolute Gasteiger partial charge is 0.166 e. The molecule has 0 saturated heterocycles. The minimum absolute atomic E-state index is 0.151. The molecule has 6 heteroatoms. The van der Waals surface area contributed by atoms with Crippen LogP contribution in [0.15, 0.2) is 41.0 Å². The second-order valence-electron chi connectivity index (χ2n) is 3.85. The third-order valence-electron chi connectivity index (χ3n) is 2.48. The van der Waals surface area contributed by atoms with Gasteiger partial charge in [-0.3, -0.25) is 0 Å². The molecule has 0 amide bonds. The lowest BCUT2D eigenvalue weighted by molar-refractivity contribution is 0.167. The van der Waals surface area contributed by atoms with Gasteiger partial charge in [-0.2, -0.15) is 0 Å². The zero-order chi connectivity index (χ0) is 13.8. The summed E-state index contributed by atoms with van der Waals surface area (Å²) < 4.78 is 32.3. The minimum atomic E-state index is -0.922. The highest BCUT2D eigenvalue weighted by molar-refractivity contribution is 9.10. The maximum absolute atomic E-state index is 13.1. The van der Waals surface area contributed by atoms with E-state index >= 15 is 0 Å². The number of pyridine rings is 1. The zero-order valence-electron chi connectivity index (χ0n) is 9.82. The van der Waals surface area contributed by atoms with E-state index in [1.807, 2.05) is 0 Å². The standard InChI is InChI=1S/C13H11BrF2N2O/c14-9-5-11(13(17)18-7-9)19-12(6-15)8-2-1-3-10(16)4-8/h1-5,7,12H,6H2,(H2,17,18). The highest BCUT2D eigenvalue weighted by Gasteiger charge is 2.16. The zero-order valence-corrected chi connectivity index (χ0v) is 11.4. The molecule has 0 spiro atoms. The number of halogens is 3. The molecule has 1 atom stereocenters. The van der Waals surface area contributed by atoms with Crippen molar-refractivity contribution in [3.8, 4) is 5.75 Å². The molecular weight excluding hydrogens is 318 g/mol. The predicted octanol–water partition coefficient (Wildman–Crippen LogP) is 3.66. The van der Waals surface area contributed by atoms with Crippen LogP contribution in [0.1, 0.15) is 11.7 Å². The summed E-state index contributed by atoms with van der Waals surface area (Å²) in [7, 11) is 0. The van der Waals surface area contributed by atoms with Gasteiger partial charge in [0, 0.05) is 10.7 Å². The van der Waals surface area contributed by atoms with Crippen molar-refractivity contribution >= 4 is 21.7 Å². The van der Waals surface area contributed by atoms with Crippen molar-refractivity contribution in [3.05, 3.63) is 52.4 Å². The van der Waals surface area contributed by atoms with Gasteiger partial charge in [0.25, 0.3) is 0 Å². The van der Waals surface area contributed by atoms with Crippen molar-refractivity contribution in [3.63, 3.8) is 0 Å². The molecule has 0 saturated carbocycles. The van der Waals surface area contributed by atoms with Crippen LogP contribution in [0.2, 0.25) is 0 Å². The van der Waals surface area contributed by atoms with E-state index in [0.29, 0.717) is 10.0 Å². The number of hydrogen-bond acceptors (Lipinski definition) is 3. The fourth-order valence-electron chi connectivity index (χ4n) is 1.57. The molecular formula is C13H11BrF2N2O. The van der Waals surface area contributed by atoms with Gasteiger partial charge in [-0.15, -0.1) is 0 Å². The van der Waals surface area contributed by atoms with E-state index in [4.69, 9.17) is 10.5 Å². The van der Waals surface area contributed by atoms with Crippen molar-refractivity contribution in [2.75, 3.05) is 12.4 Å². The first kappa shape index (κ1) is 13.7. The van der Waals surface area contributed by atoms with Crippen molar-refractivity contribution in [2.24, 2.45) is 0 Å². The molecule has 1 aromatic heterocycles.